The molecule has 0 aliphatic heterocycles. The van der Waals surface area contributed by atoms with E-state index in [2.05, 4.69) is 98.8 Å². The van der Waals surface area contributed by atoms with E-state index < -0.39 is 15.9 Å². The average Bonchev–Trinajstić information content (AvgIpc) is 3.65. The van der Waals surface area contributed by atoms with Crippen LogP contribution in [0.1, 0.15) is 106 Å². The second kappa shape index (κ2) is 17.7. The van der Waals surface area contributed by atoms with Gasteiger partial charge in [-0.1, -0.05) is 147 Å². The number of benzene rings is 8. The van der Waals surface area contributed by atoms with E-state index in [-0.39, 0.29) is 11.6 Å². The minimum atomic E-state index is -0.646. The van der Waals surface area contributed by atoms with Crippen molar-refractivity contribution in [1.29, 1.82) is 0 Å². The molecule has 4 nitrogen and oxygen atoms in total. The third kappa shape index (κ3) is 8.18. The van der Waals surface area contributed by atoms with Crippen molar-refractivity contribution >= 4 is 34.8 Å². The van der Waals surface area contributed by atoms with Gasteiger partial charge in [0.05, 0.1) is 10.3 Å². The largest absolute Gasteiger partial charge is 0.483 e. The van der Waals surface area contributed by atoms with Crippen LogP contribution in [-0.4, -0.2) is 11.6 Å². The Morgan fingerprint density at radius 2 is 0.862 bits per heavy atom. The number of rotatable bonds is 14. The summed E-state index contributed by atoms with van der Waals surface area (Å²) in [6.07, 6.45) is 1.50. The van der Waals surface area contributed by atoms with Crippen LogP contribution in [0.25, 0.3) is 11.1 Å². The number of ether oxygens (including phenoxy) is 2. The van der Waals surface area contributed by atoms with Crippen LogP contribution in [0.3, 0.4) is 0 Å². The van der Waals surface area contributed by atoms with E-state index in [0.29, 0.717) is 45.2 Å². The standard InChI is InChI=1S/C59H48Cl2O4/c1-5-57(3,61)43-23-15-39(16-24-43)56(63)42-21-33-48(34-22-42)64-49-35-27-45(28-36-49)59(53-13-9-7-11-51(53)52-12-8-10-14-54(52)59)46-29-37-50(38-30-46)65-58(4,6-2)44-25-17-40(18-26-44)55(62)41-19-31-47(60)32-20-41/h7-38H,5-6H2,1-4H3. The highest BCUT2D eigenvalue weighted by atomic mass is 35.5. The topological polar surface area (TPSA) is 52.6 Å². The van der Waals surface area contributed by atoms with Crippen molar-refractivity contribution in [2.45, 2.75) is 56.4 Å². The first-order chi connectivity index (χ1) is 31.4. The van der Waals surface area contributed by atoms with E-state index in [9.17, 15) is 9.59 Å². The molecule has 0 saturated carbocycles. The average molecular weight is 892 g/mol. The van der Waals surface area contributed by atoms with Gasteiger partial charge in [-0.2, -0.15) is 0 Å². The van der Waals surface area contributed by atoms with Crippen LogP contribution in [-0.2, 0) is 15.9 Å². The van der Waals surface area contributed by atoms with Gasteiger partial charge >= 0.3 is 0 Å². The summed E-state index contributed by atoms with van der Waals surface area (Å²) in [7, 11) is 0. The molecule has 1 aliphatic carbocycles. The molecule has 0 bridgehead atoms. The first-order valence-corrected chi connectivity index (χ1v) is 22.8. The van der Waals surface area contributed by atoms with E-state index >= 15 is 0 Å². The molecule has 0 radical (unpaired) electrons. The number of ketones is 2. The van der Waals surface area contributed by atoms with Crippen molar-refractivity contribution < 1.29 is 19.1 Å². The molecule has 0 saturated heterocycles. The van der Waals surface area contributed by atoms with E-state index in [4.69, 9.17) is 32.7 Å². The maximum atomic E-state index is 13.4. The Balaban J connectivity index is 0.981. The summed E-state index contributed by atoms with van der Waals surface area (Å²) in [4.78, 5) is 26.1. The van der Waals surface area contributed by atoms with E-state index in [1.807, 2.05) is 86.6 Å². The minimum Gasteiger partial charge on any atom is -0.483 e. The van der Waals surface area contributed by atoms with Gasteiger partial charge in [0.15, 0.2) is 11.6 Å². The molecule has 8 aromatic rings. The molecule has 0 heterocycles. The van der Waals surface area contributed by atoms with Gasteiger partial charge in [0.25, 0.3) is 0 Å². The second-order valence-electron chi connectivity index (χ2n) is 17.1. The Morgan fingerprint density at radius 1 is 0.477 bits per heavy atom. The summed E-state index contributed by atoms with van der Waals surface area (Å²) in [6, 6.07) is 63.6. The molecule has 8 aromatic carbocycles. The third-order valence-electron chi connectivity index (χ3n) is 13.2. The lowest BCUT2D eigenvalue weighted by Crippen LogP contribution is -2.29. The van der Waals surface area contributed by atoms with Gasteiger partial charge in [-0.15, -0.1) is 11.6 Å². The van der Waals surface area contributed by atoms with Crippen molar-refractivity contribution in [3.8, 4) is 28.4 Å². The number of fused-ring (bicyclic) bond motifs is 3. The lowest BCUT2D eigenvalue weighted by molar-refractivity contribution is 0.0824. The maximum Gasteiger partial charge on any atom is 0.193 e. The van der Waals surface area contributed by atoms with Gasteiger partial charge in [-0.05, 0) is 144 Å². The predicted octanol–water partition coefficient (Wildman–Crippen LogP) is 15.5. The Labute approximate surface area is 391 Å². The van der Waals surface area contributed by atoms with Gasteiger partial charge < -0.3 is 9.47 Å². The fraction of sp³-hybridized carbons (Fsp3) is 0.153. The van der Waals surface area contributed by atoms with E-state index in [1.165, 1.54) is 22.3 Å². The molecule has 322 valence electrons. The molecule has 2 atom stereocenters. The smallest absolute Gasteiger partial charge is 0.193 e. The Hall–Kier alpha value is -6.72. The fourth-order valence-corrected chi connectivity index (χ4v) is 9.31. The third-order valence-corrected chi connectivity index (χ3v) is 13.9. The Morgan fingerprint density at radius 3 is 1.31 bits per heavy atom. The molecule has 0 aromatic heterocycles. The molecule has 0 amide bonds. The highest BCUT2D eigenvalue weighted by Crippen LogP contribution is 2.56. The first-order valence-electron chi connectivity index (χ1n) is 22.1. The summed E-state index contributed by atoms with van der Waals surface area (Å²) in [5.74, 6) is 1.95. The summed E-state index contributed by atoms with van der Waals surface area (Å²) >= 11 is 12.7. The fourth-order valence-electron chi connectivity index (χ4n) is 9.06. The maximum absolute atomic E-state index is 13.4. The molecule has 1 aliphatic rings. The van der Waals surface area contributed by atoms with Gasteiger partial charge in [0.1, 0.15) is 22.8 Å². The summed E-state index contributed by atoms with van der Waals surface area (Å²) in [5, 5.41) is 0.593. The monoisotopic (exact) mass is 890 g/mol. The number of halogens is 2. The quantitative estimate of drug-likeness (QED) is 0.0806. The van der Waals surface area contributed by atoms with Crippen molar-refractivity contribution in [1.82, 2.24) is 0 Å². The second-order valence-corrected chi connectivity index (χ2v) is 18.3. The Bertz CT molecular complexity index is 2950. The van der Waals surface area contributed by atoms with Crippen molar-refractivity contribution in [2.75, 3.05) is 0 Å². The zero-order valence-electron chi connectivity index (χ0n) is 36.8. The highest BCUT2D eigenvalue weighted by molar-refractivity contribution is 6.30. The summed E-state index contributed by atoms with van der Waals surface area (Å²) in [6.45, 7) is 8.23. The van der Waals surface area contributed by atoms with Crippen LogP contribution in [0.4, 0.5) is 0 Å². The van der Waals surface area contributed by atoms with Crippen molar-refractivity contribution in [3.63, 3.8) is 0 Å². The van der Waals surface area contributed by atoms with Crippen molar-refractivity contribution in [2.24, 2.45) is 0 Å². The molecular formula is C59H48Cl2O4. The molecule has 0 spiro atoms. The SMILES string of the molecule is CCC(C)(Cl)c1ccc(C(=O)c2ccc(Oc3ccc(C4(c5ccc(OC(C)(CC)c6ccc(C(=O)c7ccc(Cl)cc7)cc6)cc5)c5ccccc5-c5ccccc54)cc3)cc2)cc1. The zero-order chi connectivity index (χ0) is 45.3. The number of carbonyl (C=O) groups excluding carboxylic acids is 2. The van der Waals surface area contributed by atoms with E-state index in [0.717, 1.165) is 34.4 Å². The zero-order valence-corrected chi connectivity index (χ0v) is 38.3. The number of hydrogen-bond donors (Lipinski definition) is 0. The number of alkyl halides is 1. The van der Waals surface area contributed by atoms with Crippen molar-refractivity contribution in [3.05, 3.63) is 255 Å². The highest BCUT2D eigenvalue weighted by Gasteiger charge is 2.46. The molecule has 0 fully saturated rings. The first kappa shape index (κ1) is 43.5. The van der Waals surface area contributed by atoms with Gasteiger partial charge in [-0.25, -0.2) is 0 Å². The molecule has 9 rings (SSSR count). The number of carbonyl (C=O) groups is 2. The predicted molar refractivity (Wildman–Crippen MR) is 263 cm³/mol. The van der Waals surface area contributed by atoms with Crippen LogP contribution >= 0.6 is 23.2 Å². The minimum absolute atomic E-state index is 0.0561. The van der Waals surface area contributed by atoms with Crippen LogP contribution < -0.4 is 9.47 Å². The van der Waals surface area contributed by atoms with Gasteiger partial charge in [0.2, 0.25) is 0 Å². The summed E-state index contributed by atoms with van der Waals surface area (Å²) in [5.41, 5.74) is 10.1. The molecular weight excluding hydrogens is 844 g/mol. The van der Waals surface area contributed by atoms with Crippen LogP contribution in [0.5, 0.6) is 17.2 Å². The molecule has 65 heavy (non-hydrogen) atoms. The van der Waals surface area contributed by atoms with Crippen LogP contribution in [0, 0.1) is 0 Å². The normalized spacial score (nSPS) is 14.3. The number of hydrogen-bond acceptors (Lipinski definition) is 4. The van der Waals surface area contributed by atoms with E-state index in [1.54, 1.807) is 36.4 Å². The van der Waals surface area contributed by atoms with Crippen LogP contribution in [0.2, 0.25) is 5.02 Å². The van der Waals surface area contributed by atoms with Gasteiger partial charge in [-0.3, -0.25) is 9.59 Å². The molecule has 6 heteroatoms. The molecule has 0 N–H and O–H groups in total. The Kier molecular flexibility index (Phi) is 11.8. The summed E-state index contributed by atoms with van der Waals surface area (Å²) < 4.78 is 13.2. The van der Waals surface area contributed by atoms with Crippen LogP contribution in [0.15, 0.2) is 194 Å². The molecule has 2 unspecified atom stereocenters. The lowest BCUT2D eigenvalue weighted by atomic mass is 9.67. The lowest BCUT2D eigenvalue weighted by Gasteiger charge is -2.34. The van der Waals surface area contributed by atoms with Gasteiger partial charge in [0, 0.05) is 27.3 Å².